The predicted octanol–water partition coefficient (Wildman–Crippen LogP) is 0.272. The average Bonchev–Trinajstić information content (AvgIpc) is 2.49. The zero-order valence-corrected chi connectivity index (χ0v) is 14.4. The fourth-order valence-electron chi connectivity index (χ4n) is 2.77. The summed E-state index contributed by atoms with van der Waals surface area (Å²) in [5, 5.41) is 5.92. The van der Waals surface area contributed by atoms with Crippen molar-refractivity contribution in [2.45, 2.75) is 38.1 Å². The number of carbonyl (C=O) groups excluding carboxylic acids is 1. The van der Waals surface area contributed by atoms with Crippen LogP contribution in [0.5, 0.6) is 0 Å². The van der Waals surface area contributed by atoms with Gasteiger partial charge in [0.2, 0.25) is 5.91 Å². The Labute approximate surface area is 137 Å². The molecule has 0 radical (unpaired) electrons. The number of aryl methyl sites for hydroxylation is 1. The smallest absolute Gasteiger partial charge is 0.216 e. The van der Waals surface area contributed by atoms with Crippen LogP contribution >= 0.6 is 0 Å². The number of rotatable bonds is 6. The Balaban J connectivity index is 2.10. The van der Waals surface area contributed by atoms with Crippen LogP contribution in [0.2, 0.25) is 0 Å². The van der Waals surface area contributed by atoms with Crippen molar-refractivity contribution in [1.29, 1.82) is 0 Å². The summed E-state index contributed by atoms with van der Waals surface area (Å²) in [5.41, 5.74) is 9.06. The van der Waals surface area contributed by atoms with Crippen molar-refractivity contribution < 1.29 is 13.2 Å². The molecule has 0 bridgehead atoms. The number of hydrogen-bond acceptors (Lipinski definition) is 5. The molecule has 128 valence electrons. The highest BCUT2D eigenvalue weighted by molar-refractivity contribution is 7.90. The van der Waals surface area contributed by atoms with E-state index in [1.165, 1.54) is 12.5 Å². The molecule has 23 heavy (non-hydrogen) atoms. The van der Waals surface area contributed by atoms with E-state index in [0.29, 0.717) is 13.1 Å². The normalized spacial score (nSPS) is 20.6. The van der Waals surface area contributed by atoms with Gasteiger partial charge in [0.1, 0.15) is 0 Å². The van der Waals surface area contributed by atoms with Crippen molar-refractivity contribution >= 4 is 15.7 Å². The Hall–Kier alpha value is -1.44. The second kappa shape index (κ2) is 7.42. The SMILES string of the molecule is CCc1ccc2c(c1)C(NCC(N)CNC(C)=O)CS(=O)(=O)C2. The minimum Gasteiger partial charge on any atom is -0.355 e. The molecule has 0 saturated heterocycles. The summed E-state index contributed by atoms with van der Waals surface area (Å²) in [6.07, 6.45) is 0.912. The number of benzene rings is 1. The van der Waals surface area contributed by atoms with E-state index >= 15 is 0 Å². The van der Waals surface area contributed by atoms with Crippen LogP contribution in [0.3, 0.4) is 0 Å². The van der Waals surface area contributed by atoms with Crippen LogP contribution in [-0.4, -0.2) is 39.2 Å². The summed E-state index contributed by atoms with van der Waals surface area (Å²) in [4.78, 5) is 10.9. The van der Waals surface area contributed by atoms with Gasteiger partial charge in [0.05, 0.1) is 11.5 Å². The third-order valence-electron chi connectivity index (χ3n) is 4.03. The first-order valence-corrected chi connectivity index (χ1v) is 9.68. The summed E-state index contributed by atoms with van der Waals surface area (Å²) < 4.78 is 24.2. The van der Waals surface area contributed by atoms with Crippen molar-refractivity contribution in [3.05, 3.63) is 34.9 Å². The van der Waals surface area contributed by atoms with Gasteiger partial charge in [0.15, 0.2) is 9.84 Å². The maximum Gasteiger partial charge on any atom is 0.216 e. The van der Waals surface area contributed by atoms with Crippen LogP contribution in [-0.2, 0) is 26.8 Å². The predicted molar refractivity (Wildman–Crippen MR) is 90.7 cm³/mol. The van der Waals surface area contributed by atoms with Gasteiger partial charge in [0, 0.05) is 32.1 Å². The molecule has 1 amide bonds. The summed E-state index contributed by atoms with van der Waals surface area (Å²) >= 11 is 0. The number of amides is 1. The Kier molecular flexibility index (Phi) is 5.78. The van der Waals surface area contributed by atoms with E-state index in [9.17, 15) is 13.2 Å². The highest BCUT2D eigenvalue weighted by Gasteiger charge is 2.29. The summed E-state index contributed by atoms with van der Waals surface area (Å²) in [6.45, 7) is 4.32. The van der Waals surface area contributed by atoms with E-state index in [4.69, 9.17) is 5.73 Å². The van der Waals surface area contributed by atoms with Crippen molar-refractivity contribution in [2.75, 3.05) is 18.8 Å². The lowest BCUT2D eigenvalue weighted by molar-refractivity contribution is -0.119. The molecule has 7 heteroatoms. The van der Waals surface area contributed by atoms with E-state index < -0.39 is 9.84 Å². The lowest BCUT2D eigenvalue weighted by Crippen LogP contribution is -2.45. The first-order chi connectivity index (χ1) is 10.8. The highest BCUT2D eigenvalue weighted by atomic mass is 32.2. The van der Waals surface area contributed by atoms with Crippen molar-refractivity contribution in [1.82, 2.24) is 10.6 Å². The molecule has 0 aromatic heterocycles. The Morgan fingerprint density at radius 3 is 2.78 bits per heavy atom. The van der Waals surface area contributed by atoms with Gasteiger partial charge in [-0.25, -0.2) is 8.42 Å². The number of fused-ring (bicyclic) bond motifs is 1. The maximum atomic E-state index is 12.1. The minimum atomic E-state index is -3.11. The van der Waals surface area contributed by atoms with Crippen molar-refractivity contribution in [3.8, 4) is 0 Å². The third kappa shape index (κ3) is 5.02. The monoisotopic (exact) mass is 339 g/mol. The number of nitrogens with two attached hydrogens (primary N) is 1. The van der Waals surface area contributed by atoms with Gasteiger partial charge in [-0.15, -0.1) is 0 Å². The summed E-state index contributed by atoms with van der Waals surface area (Å²) in [7, 11) is -3.11. The van der Waals surface area contributed by atoms with Gasteiger partial charge in [-0.3, -0.25) is 4.79 Å². The Morgan fingerprint density at radius 2 is 2.13 bits per heavy atom. The Morgan fingerprint density at radius 1 is 1.39 bits per heavy atom. The highest BCUT2D eigenvalue weighted by Crippen LogP contribution is 2.29. The fraction of sp³-hybridized carbons (Fsp3) is 0.562. The molecule has 1 aliphatic heterocycles. The molecule has 1 aromatic carbocycles. The van der Waals surface area contributed by atoms with Gasteiger partial charge in [-0.1, -0.05) is 25.1 Å². The molecule has 0 aliphatic carbocycles. The van der Waals surface area contributed by atoms with E-state index in [1.54, 1.807) is 0 Å². The molecule has 0 fully saturated rings. The number of sulfone groups is 1. The third-order valence-corrected chi connectivity index (χ3v) is 5.62. The van der Waals surface area contributed by atoms with Gasteiger partial charge < -0.3 is 16.4 Å². The molecule has 4 N–H and O–H groups in total. The largest absolute Gasteiger partial charge is 0.355 e. The Bertz CT molecular complexity index is 673. The second-order valence-electron chi connectivity index (χ2n) is 6.10. The van der Waals surface area contributed by atoms with Gasteiger partial charge >= 0.3 is 0 Å². The number of nitrogens with one attached hydrogen (secondary N) is 2. The zero-order chi connectivity index (χ0) is 17.0. The molecule has 1 aliphatic rings. The fourth-order valence-corrected chi connectivity index (χ4v) is 4.43. The second-order valence-corrected chi connectivity index (χ2v) is 8.21. The lowest BCUT2D eigenvalue weighted by atomic mass is 9.98. The lowest BCUT2D eigenvalue weighted by Gasteiger charge is -2.28. The van der Waals surface area contributed by atoms with Crippen LogP contribution in [0.1, 0.15) is 36.6 Å². The molecular weight excluding hydrogens is 314 g/mol. The summed E-state index contributed by atoms with van der Waals surface area (Å²) in [6, 6.07) is 5.47. The van der Waals surface area contributed by atoms with E-state index in [2.05, 4.69) is 23.6 Å². The maximum absolute atomic E-state index is 12.1. The van der Waals surface area contributed by atoms with E-state index in [0.717, 1.165) is 17.5 Å². The molecule has 6 nitrogen and oxygen atoms in total. The van der Waals surface area contributed by atoms with Gasteiger partial charge in [-0.2, -0.15) is 0 Å². The molecule has 2 atom stereocenters. The molecule has 1 aromatic rings. The minimum absolute atomic E-state index is 0.0834. The van der Waals surface area contributed by atoms with Crippen LogP contribution in [0.15, 0.2) is 18.2 Å². The van der Waals surface area contributed by atoms with Crippen molar-refractivity contribution in [3.63, 3.8) is 0 Å². The number of hydrogen-bond donors (Lipinski definition) is 3. The summed E-state index contributed by atoms with van der Waals surface area (Å²) in [5.74, 6) is 0.0567. The topological polar surface area (TPSA) is 101 Å². The first kappa shape index (κ1) is 17.9. The molecule has 1 heterocycles. The van der Waals surface area contributed by atoms with Crippen LogP contribution in [0.25, 0.3) is 0 Å². The molecule has 0 saturated carbocycles. The van der Waals surface area contributed by atoms with Crippen molar-refractivity contribution in [2.24, 2.45) is 5.73 Å². The zero-order valence-electron chi connectivity index (χ0n) is 13.6. The van der Waals surface area contributed by atoms with Gasteiger partial charge in [-0.05, 0) is 23.1 Å². The molecule has 0 spiro atoms. The first-order valence-electron chi connectivity index (χ1n) is 7.86. The van der Waals surface area contributed by atoms with Gasteiger partial charge in [0.25, 0.3) is 0 Å². The molecule has 2 rings (SSSR count). The van der Waals surface area contributed by atoms with Crippen LogP contribution in [0.4, 0.5) is 0 Å². The van der Waals surface area contributed by atoms with Crippen LogP contribution < -0.4 is 16.4 Å². The molecule has 2 unspecified atom stereocenters. The standard InChI is InChI=1S/C16H25N3O3S/c1-3-12-4-5-13-9-23(21,22)10-16(15(13)6-12)19-8-14(17)7-18-11(2)20/h4-6,14,16,19H,3,7-10,17H2,1-2H3,(H,18,20). The van der Waals surface area contributed by atoms with E-state index in [1.807, 2.05) is 12.1 Å². The average molecular weight is 339 g/mol. The van der Waals surface area contributed by atoms with E-state index in [-0.39, 0.29) is 29.5 Å². The quantitative estimate of drug-likeness (QED) is 0.691. The number of carbonyl (C=O) groups is 1. The molecular formula is C16H25N3O3S. The van der Waals surface area contributed by atoms with Crippen LogP contribution in [0, 0.1) is 0 Å².